The highest BCUT2D eigenvalue weighted by Gasteiger charge is 2.26. The molecule has 0 bridgehead atoms. The second-order valence-corrected chi connectivity index (χ2v) is 8.15. The Hall–Kier alpha value is -3.96. The third kappa shape index (κ3) is 6.76. The molecule has 1 amide bonds. The van der Waals surface area contributed by atoms with Gasteiger partial charge in [-0.25, -0.2) is 9.78 Å². The molecule has 0 aliphatic rings. The van der Waals surface area contributed by atoms with Crippen LogP contribution in [-0.4, -0.2) is 43.7 Å². The van der Waals surface area contributed by atoms with Crippen LogP contribution in [0.15, 0.2) is 36.5 Å². The number of alkyl halides is 2. The maximum atomic E-state index is 13.7. The number of carbonyl (C=O) groups is 1. The van der Waals surface area contributed by atoms with Gasteiger partial charge in [0.15, 0.2) is 5.82 Å². The summed E-state index contributed by atoms with van der Waals surface area (Å²) in [5, 5.41) is 8.55. The van der Waals surface area contributed by atoms with Gasteiger partial charge in [0.05, 0.1) is 7.11 Å². The standard InChI is InChI=1S/C21H24F2N8O2/c1-20(2,3)31-18-29-16(13-7-6-8-15(26-13)27-19(32)33-5)28-17(30-18)25-12-9-10-24-14(11-12)21(4,22)23/h6-11H,1-5H3,(H,26,27,32)(H2,24,25,28,29,30,31). The van der Waals surface area contributed by atoms with E-state index >= 15 is 0 Å². The van der Waals surface area contributed by atoms with E-state index in [0.717, 1.165) is 6.92 Å². The van der Waals surface area contributed by atoms with Crippen LogP contribution in [0, 0.1) is 0 Å². The SMILES string of the molecule is COC(=O)Nc1cccc(-c2nc(Nc3ccnc(C(C)(F)F)c3)nc(NC(C)(C)C)n2)n1. The molecule has 0 aromatic carbocycles. The van der Waals surface area contributed by atoms with Crippen LogP contribution in [0.1, 0.15) is 33.4 Å². The van der Waals surface area contributed by atoms with Gasteiger partial charge >= 0.3 is 6.09 Å². The number of aromatic nitrogens is 5. The summed E-state index contributed by atoms with van der Waals surface area (Å²) < 4.78 is 31.9. The topological polar surface area (TPSA) is 127 Å². The van der Waals surface area contributed by atoms with Crippen LogP contribution in [0.2, 0.25) is 0 Å². The first-order chi connectivity index (χ1) is 15.4. The highest BCUT2D eigenvalue weighted by atomic mass is 19.3. The Morgan fingerprint density at radius 1 is 1.00 bits per heavy atom. The van der Waals surface area contributed by atoms with Crippen molar-refractivity contribution in [3.63, 3.8) is 0 Å². The first-order valence-electron chi connectivity index (χ1n) is 9.91. The fraction of sp³-hybridized carbons (Fsp3) is 0.333. The summed E-state index contributed by atoms with van der Waals surface area (Å²) in [7, 11) is 1.24. The number of ether oxygens (including phenoxy) is 1. The van der Waals surface area contributed by atoms with Crippen molar-refractivity contribution in [2.45, 2.75) is 39.2 Å². The molecule has 0 atom stereocenters. The maximum Gasteiger partial charge on any atom is 0.412 e. The van der Waals surface area contributed by atoms with Crippen LogP contribution in [0.5, 0.6) is 0 Å². The van der Waals surface area contributed by atoms with Crippen molar-refractivity contribution in [3.8, 4) is 11.5 Å². The first kappa shape index (κ1) is 23.7. The fourth-order valence-electron chi connectivity index (χ4n) is 2.60. The maximum absolute atomic E-state index is 13.7. The van der Waals surface area contributed by atoms with Gasteiger partial charge in [-0.2, -0.15) is 23.7 Å². The molecule has 0 saturated carbocycles. The number of anilines is 4. The minimum Gasteiger partial charge on any atom is -0.453 e. The summed E-state index contributed by atoms with van der Waals surface area (Å²) in [4.78, 5) is 32.7. The Morgan fingerprint density at radius 2 is 1.73 bits per heavy atom. The third-order valence-electron chi connectivity index (χ3n) is 3.98. The molecule has 0 spiro atoms. The highest BCUT2D eigenvalue weighted by molar-refractivity contribution is 5.83. The molecule has 3 rings (SSSR count). The molecule has 3 N–H and O–H groups in total. The highest BCUT2D eigenvalue weighted by Crippen LogP contribution is 2.28. The van der Waals surface area contributed by atoms with Gasteiger partial charge in [-0.1, -0.05) is 6.07 Å². The van der Waals surface area contributed by atoms with Crippen molar-refractivity contribution in [1.82, 2.24) is 24.9 Å². The monoisotopic (exact) mass is 458 g/mol. The molecule has 0 fully saturated rings. The van der Waals surface area contributed by atoms with E-state index in [1.54, 1.807) is 18.2 Å². The second-order valence-electron chi connectivity index (χ2n) is 8.15. The third-order valence-corrected chi connectivity index (χ3v) is 3.98. The Labute approximate surface area is 189 Å². The van der Waals surface area contributed by atoms with Gasteiger partial charge in [-0.05, 0) is 45.0 Å². The largest absolute Gasteiger partial charge is 0.453 e. The summed E-state index contributed by atoms with van der Waals surface area (Å²) in [6, 6.07) is 7.65. The number of nitrogens with zero attached hydrogens (tertiary/aromatic N) is 5. The smallest absolute Gasteiger partial charge is 0.412 e. The zero-order valence-corrected chi connectivity index (χ0v) is 18.8. The summed E-state index contributed by atoms with van der Waals surface area (Å²) in [5.41, 5.74) is -0.0829. The number of pyridine rings is 2. The average Bonchev–Trinajstić information content (AvgIpc) is 2.72. The van der Waals surface area contributed by atoms with Gasteiger partial charge in [0.2, 0.25) is 11.9 Å². The molecule has 3 aromatic rings. The summed E-state index contributed by atoms with van der Waals surface area (Å²) >= 11 is 0. The molecular formula is C21H24F2N8O2. The predicted molar refractivity (Wildman–Crippen MR) is 120 cm³/mol. The van der Waals surface area contributed by atoms with Gasteiger partial charge in [-0.15, -0.1) is 0 Å². The van der Waals surface area contributed by atoms with E-state index in [1.807, 2.05) is 20.8 Å². The molecule has 0 unspecified atom stereocenters. The molecule has 10 nitrogen and oxygen atoms in total. The molecule has 0 aliphatic heterocycles. The van der Waals surface area contributed by atoms with Crippen LogP contribution < -0.4 is 16.0 Å². The van der Waals surface area contributed by atoms with E-state index in [1.165, 1.54) is 25.4 Å². The molecule has 174 valence electrons. The van der Waals surface area contributed by atoms with E-state index in [-0.39, 0.29) is 29.1 Å². The number of hydrogen-bond donors (Lipinski definition) is 3. The van der Waals surface area contributed by atoms with E-state index in [9.17, 15) is 13.6 Å². The van der Waals surface area contributed by atoms with E-state index < -0.39 is 17.7 Å². The number of nitrogens with one attached hydrogen (secondary N) is 3. The zero-order chi connectivity index (χ0) is 24.2. The lowest BCUT2D eigenvalue weighted by molar-refractivity contribution is 0.0128. The van der Waals surface area contributed by atoms with Gasteiger partial charge in [0, 0.05) is 24.3 Å². The Kier molecular flexibility index (Phi) is 6.65. The van der Waals surface area contributed by atoms with Crippen molar-refractivity contribution in [2.75, 3.05) is 23.1 Å². The van der Waals surface area contributed by atoms with Crippen LogP contribution in [0.3, 0.4) is 0 Å². The number of amides is 1. The normalized spacial score (nSPS) is 11.6. The minimum absolute atomic E-state index is 0.108. The lowest BCUT2D eigenvalue weighted by Gasteiger charge is -2.21. The lowest BCUT2D eigenvalue weighted by Crippen LogP contribution is -2.27. The van der Waals surface area contributed by atoms with Crippen molar-refractivity contribution in [3.05, 3.63) is 42.2 Å². The minimum atomic E-state index is -3.10. The lowest BCUT2D eigenvalue weighted by atomic mass is 10.1. The molecule has 3 heterocycles. The Bertz CT molecular complexity index is 1150. The summed E-state index contributed by atoms with van der Waals surface area (Å²) in [5.74, 6) is -2.31. The number of rotatable bonds is 6. The predicted octanol–water partition coefficient (Wildman–Crippen LogP) is 4.57. The van der Waals surface area contributed by atoms with Crippen LogP contribution in [0.4, 0.5) is 37.0 Å². The van der Waals surface area contributed by atoms with E-state index in [0.29, 0.717) is 11.4 Å². The van der Waals surface area contributed by atoms with E-state index in [2.05, 4.69) is 45.6 Å². The number of carbonyl (C=O) groups excluding carboxylic acids is 1. The van der Waals surface area contributed by atoms with Gasteiger partial charge in [0.25, 0.3) is 5.92 Å². The zero-order valence-electron chi connectivity index (χ0n) is 18.8. The molecule has 0 aliphatic carbocycles. The average molecular weight is 458 g/mol. The molecular weight excluding hydrogens is 434 g/mol. The van der Waals surface area contributed by atoms with Crippen molar-refractivity contribution < 1.29 is 18.3 Å². The second kappa shape index (κ2) is 9.27. The van der Waals surface area contributed by atoms with E-state index in [4.69, 9.17) is 0 Å². The Balaban J connectivity index is 2.00. The number of hydrogen-bond acceptors (Lipinski definition) is 9. The summed E-state index contributed by atoms with van der Waals surface area (Å²) in [6.07, 6.45) is 0.601. The van der Waals surface area contributed by atoms with Gasteiger partial charge < -0.3 is 15.4 Å². The number of methoxy groups -OCH3 is 1. The van der Waals surface area contributed by atoms with Crippen molar-refractivity contribution >= 4 is 29.5 Å². The molecule has 33 heavy (non-hydrogen) atoms. The fourth-order valence-corrected chi connectivity index (χ4v) is 2.60. The van der Waals surface area contributed by atoms with Crippen LogP contribution >= 0.6 is 0 Å². The van der Waals surface area contributed by atoms with Crippen LogP contribution in [0.25, 0.3) is 11.5 Å². The first-order valence-corrected chi connectivity index (χ1v) is 9.91. The quantitative estimate of drug-likeness (QED) is 0.487. The van der Waals surface area contributed by atoms with Crippen molar-refractivity contribution in [1.29, 1.82) is 0 Å². The molecule has 12 heteroatoms. The molecule has 0 saturated heterocycles. The van der Waals surface area contributed by atoms with Gasteiger partial charge in [0.1, 0.15) is 17.2 Å². The Morgan fingerprint density at radius 3 is 2.39 bits per heavy atom. The molecule has 0 radical (unpaired) electrons. The van der Waals surface area contributed by atoms with Crippen molar-refractivity contribution in [2.24, 2.45) is 0 Å². The number of halogens is 2. The summed E-state index contributed by atoms with van der Waals surface area (Å²) in [6.45, 7) is 6.57. The van der Waals surface area contributed by atoms with Gasteiger partial charge in [-0.3, -0.25) is 10.3 Å². The molecule has 3 aromatic heterocycles. The van der Waals surface area contributed by atoms with Crippen LogP contribution in [-0.2, 0) is 10.7 Å².